The highest BCUT2D eigenvalue weighted by atomic mass is 32.2. The van der Waals surface area contributed by atoms with Crippen LogP contribution in [0.3, 0.4) is 0 Å². The fourth-order valence-corrected chi connectivity index (χ4v) is 2.91. The number of hydrogen-bond donors (Lipinski definition) is 2. The van der Waals surface area contributed by atoms with Crippen molar-refractivity contribution < 1.29 is 9.84 Å². The van der Waals surface area contributed by atoms with Crippen molar-refractivity contribution in [3.63, 3.8) is 0 Å². The van der Waals surface area contributed by atoms with Gasteiger partial charge in [0.15, 0.2) is 0 Å². The zero-order valence-electron chi connectivity index (χ0n) is 11.8. The molecule has 2 rings (SSSR count). The van der Waals surface area contributed by atoms with Crippen LogP contribution < -0.4 is 10.1 Å². The molecule has 0 spiro atoms. The molecule has 1 aromatic carbocycles. The average Bonchev–Trinajstić information content (AvgIpc) is 2.50. The van der Waals surface area contributed by atoms with Gasteiger partial charge in [-0.1, -0.05) is 0 Å². The minimum absolute atomic E-state index is 0.252. The molecule has 4 nitrogen and oxygen atoms in total. The molecule has 0 aliphatic rings. The van der Waals surface area contributed by atoms with Gasteiger partial charge in [-0.3, -0.25) is 0 Å². The van der Waals surface area contributed by atoms with E-state index in [4.69, 9.17) is 9.84 Å². The van der Waals surface area contributed by atoms with E-state index in [1.54, 1.807) is 7.11 Å². The van der Waals surface area contributed by atoms with E-state index in [-0.39, 0.29) is 6.61 Å². The zero-order chi connectivity index (χ0) is 14.4. The first-order chi connectivity index (χ1) is 9.78. The zero-order valence-corrected chi connectivity index (χ0v) is 12.7. The number of hydrogen-bond acceptors (Lipinski definition) is 5. The molecule has 0 bridgehead atoms. The smallest absolute Gasteiger partial charge is 0.130 e. The molecule has 0 amide bonds. The van der Waals surface area contributed by atoms with Crippen LogP contribution in [0.4, 0.5) is 5.82 Å². The van der Waals surface area contributed by atoms with Crippen LogP contribution in [0.15, 0.2) is 24.3 Å². The van der Waals surface area contributed by atoms with Crippen LogP contribution in [-0.4, -0.2) is 36.6 Å². The lowest BCUT2D eigenvalue weighted by molar-refractivity contribution is 0.296. The first kappa shape index (κ1) is 14.9. The van der Waals surface area contributed by atoms with Crippen molar-refractivity contribution in [2.24, 2.45) is 0 Å². The minimum atomic E-state index is 0.252. The number of thioether (sulfide) groups is 1. The summed E-state index contributed by atoms with van der Waals surface area (Å²) in [6, 6.07) is 8.09. The molecule has 1 heterocycles. The Morgan fingerprint density at radius 2 is 2.20 bits per heavy atom. The van der Waals surface area contributed by atoms with E-state index >= 15 is 0 Å². The third-order valence-electron chi connectivity index (χ3n) is 3.04. The third kappa shape index (κ3) is 3.55. The Morgan fingerprint density at radius 1 is 1.35 bits per heavy atom. The van der Waals surface area contributed by atoms with Gasteiger partial charge in [0, 0.05) is 36.4 Å². The summed E-state index contributed by atoms with van der Waals surface area (Å²) in [6.07, 6.45) is 0.831. The Kier molecular flexibility index (Phi) is 5.49. The molecule has 20 heavy (non-hydrogen) atoms. The SMILES string of the molecule is CNc1nc2cc(OC)ccc2cc1CSCCCO. The molecule has 0 unspecified atom stereocenters. The molecule has 2 N–H and O–H groups in total. The van der Waals surface area contributed by atoms with Gasteiger partial charge in [0.1, 0.15) is 11.6 Å². The number of aromatic nitrogens is 1. The highest BCUT2D eigenvalue weighted by molar-refractivity contribution is 7.98. The summed E-state index contributed by atoms with van der Waals surface area (Å²) in [5.41, 5.74) is 2.12. The van der Waals surface area contributed by atoms with Crippen molar-refractivity contribution in [2.45, 2.75) is 12.2 Å². The standard InChI is InChI=1S/C15H20N2O2S/c1-16-15-12(10-20-7-3-6-18)8-11-4-5-13(19-2)9-14(11)17-15/h4-5,8-9,18H,3,6-7,10H2,1-2H3,(H,16,17). The highest BCUT2D eigenvalue weighted by Gasteiger charge is 2.07. The van der Waals surface area contributed by atoms with E-state index in [9.17, 15) is 0 Å². The quantitative estimate of drug-likeness (QED) is 0.769. The van der Waals surface area contributed by atoms with Crippen LogP contribution in [0.2, 0.25) is 0 Å². The number of benzene rings is 1. The number of methoxy groups -OCH3 is 1. The predicted molar refractivity (Wildman–Crippen MR) is 85.7 cm³/mol. The number of aliphatic hydroxyl groups is 1. The van der Waals surface area contributed by atoms with Gasteiger partial charge in [0.2, 0.25) is 0 Å². The Hall–Kier alpha value is -1.46. The summed E-state index contributed by atoms with van der Waals surface area (Å²) in [5, 5.41) is 13.1. The van der Waals surface area contributed by atoms with Gasteiger partial charge >= 0.3 is 0 Å². The van der Waals surface area contributed by atoms with Gasteiger partial charge in [0.05, 0.1) is 12.6 Å². The summed E-state index contributed by atoms with van der Waals surface area (Å²) < 4.78 is 5.23. The predicted octanol–water partition coefficient (Wildman–Crippen LogP) is 2.90. The van der Waals surface area contributed by atoms with Crippen molar-refractivity contribution in [1.82, 2.24) is 4.98 Å². The number of nitrogens with one attached hydrogen (secondary N) is 1. The van der Waals surface area contributed by atoms with Crippen LogP contribution >= 0.6 is 11.8 Å². The molecule has 2 aromatic rings. The first-order valence-corrected chi connectivity index (χ1v) is 7.78. The van der Waals surface area contributed by atoms with Crippen molar-refractivity contribution >= 4 is 28.5 Å². The van der Waals surface area contributed by atoms with E-state index in [2.05, 4.69) is 16.4 Å². The third-order valence-corrected chi connectivity index (χ3v) is 4.14. The topological polar surface area (TPSA) is 54.4 Å². The molecule has 0 radical (unpaired) electrons. The number of pyridine rings is 1. The van der Waals surface area contributed by atoms with Crippen LogP contribution in [0.1, 0.15) is 12.0 Å². The van der Waals surface area contributed by atoms with Gasteiger partial charge in [0.25, 0.3) is 0 Å². The second kappa shape index (κ2) is 7.36. The lowest BCUT2D eigenvalue weighted by atomic mass is 10.1. The maximum Gasteiger partial charge on any atom is 0.130 e. The van der Waals surface area contributed by atoms with E-state index in [0.717, 1.165) is 40.4 Å². The molecule has 108 valence electrons. The molecule has 5 heteroatoms. The summed E-state index contributed by atoms with van der Waals surface area (Å²) in [6.45, 7) is 0.252. The molecule has 1 aromatic heterocycles. The second-order valence-corrected chi connectivity index (χ2v) is 5.54. The Bertz CT molecular complexity index is 575. The van der Waals surface area contributed by atoms with Crippen molar-refractivity contribution in [1.29, 1.82) is 0 Å². The number of aliphatic hydroxyl groups excluding tert-OH is 1. The van der Waals surface area contributed by atoms with E-state index in [1.165, 1.54) is 5.56 Å². The largest absolute Gasteiger partial charge is 0.497 e. The lowest BCUT2D eigenvalue weighted by Gasteiger charge is -2.10. The molecule has 0 aliphatic carbocycles. The van der Waals surface area contributed by atoms with Crippen LogP contribution in [0, 0.1) is 0 Å². The number of rotatable bonds is 7. The average molecular weight is 292 g/mol. The minimum Gasteiger partial charge on any atom is -0.497 e. The van der Waals surface area contributed by atoms with Crippen LogP contribution in [-0.2, 0) is 5.75 Å². The summed E-state index contributed by atoms with van der Waals surface area (Å²) in [4.78, 5) is 4.65. The van der Waals surface area contributed by atoms with Crippen molar-refractivity contribution in [3.8, 4) is 5.75 Å². The van der Waals surface area contributed by atoms with E-state index in [0.29, 0.717) is 0 Å². The fraction of sp³-hybridized carbons (Fsp3) is 0.400. The fourth-order valence-electron chi connectivity index (χ4n) is 1.99. The molecule has 0 aliphatic heterocycles. The number of anilines is 1. The molecule has 0 saturated heterocycles. The molecule has 0 saturated carbocycles. The van der Waals surface area contributed by atoms with Crippen molar-refractivity contribution in [3.05, 3.63) is 29.8 Å². The maximum absolute atomic E-state index is 8.81. The molecular weight excluding hydrogens is 272 g/mol. The summed E-state index contributed by atoms with van der Waals surface area (Å²) >= 11 is 1.81. The Morgan fingerprint density at radius 3 is 2.90 bits per heavy atom. The number of nitrogens with zero attached hydrogens (tertiary/aromatic N) is 1. The molecular formula is C15H20N2O2S. The van der Waals surface area contributed by atoms with Crippen molar-refractivity contribution in [2.75, 3.05) is 31.8 Å². The Labute approximate surface area is 123 Å². The molecule has 0 fully saturated rings. The number of fused-ring (bicyclic) bond motifs is 1. The van der Waals surface area contributed by atoms with Gasteiger partial charge in [-0.05, 0) is 30.4 Å². The maximum atomic E-state index is 8.81. The van der Waals surface area contributed by atoms with Gasteiger partial charge < -0.3 is 15.2 Å². The summed E-state index contributed by atoms with van der Waals surface area (Å²) in [5.74, 6) is 3.57. The molecule has 0 atom stereocenters. The Balaban J connectivity index is 2.25. The van der Waals surface area contributed by atoms with E-state index < -0.39 is 0 Å². The van der Waals surface area contributed by atoms with Crippen LogP contribution in [0.5, 0.6) is 5.75 Å². The highest BCUT2D eigenvalue weighted by Crippen LogP contribution is 2.26. The second-order valence-electron chi connectivity index (χ2n) is 4.43. The monoisotopic (exact) mass is 292 g/mol. The van der Waals surface area contributed by atoms with Gasteiger partial charge in [-0.15, -0.1) is 0 Å². The normalized spacial score (nSPS) is 10.8. The lowest BCUT2D eigenvalue weighted by Crippen LogP contribution is -1.99. The van der Waals surface area contributed by atoms with E-state index in [1.807, 2.05) is 37.0 Å². The summed E-state index contributed by atoms with van der Waals surface area (Å²) in [7, 11) is 3.54. The van der Waals surface area contributed by atoms with Gasteiger partial charge in [-0.2, -0.15) is 11.8 Å². The first-order valence-electron chi connectivity index (χ1n) is 6.62. The van der Waals surface area contributed by atoms with Gasteiger partial charge in [-0.25, -0.2) is 4.98 Å². The number of ether oxygens (including phenoxy) is 1. The van der Waals surface area contributed by atoms with Crippen LogP contribution in [0.25, 0.3) is 10.9 Å².